The summed E-state index contributed by atoms with van der Waals surface area (Å²) in [5.41, 5.74) is 1.71. The maximum Gasteiger partial charge on any atom is 0.101 e. The molecular weight excluding hydrogens is 292 g/mol. The van der Waals surface area contributed by atoms with Crippen LogP contribution in [0, 0.1) is 23.2 Å². The molecule has 1 saturated heterocycles. The fourth-order valence-electron chi connectivity index (χ4n) is 3.29. The maximum absolute atomic E-state index is 9.94. The highest BCUT2D eigenvalue weighted by Gasteiger charge is 2.42. The minimum atomic E-state index is -0.155. The van der Waals surface area contributed by atoms with E-state index in [1.807, 2.05) is 18.2 Å². The molecule has 3 rings (SSSR count). The van der Waals surface area contributed by atoms with Gasteiger partial charge in [-0.15, -0.1) is 0 Å². The van der Waals surface area contributed by atoms with Crippen molar-refractivity contribution >= 4 is 21.6 Å². The number of hydrogen-bond acceptors (Lipinski definition) is 3. The van der Waals surface area contributed by atoms with Gasteiger partial charge in [0.25, 0.3) is 0 Å². The second kappa shape index (κ2) is 4.56. The fraction of sp³-hybridized carbons (Fsp3) is 0.500. The van der Waals surface area contributed by atoms with Gasteiger partial charge < -0.3 is 10.0 Å². The molecule has 3 nitrogen and oxygen atoms in total. The highest BCUT2D eigenvalue weighted by molar-refractivity contribution is 9.10. The van der Waals surface area contributed by atoms with Crippen molar-refractivity contribution in [1.82, 2.24) is 0 Å². The first-order chi connectivity index (χ1) is 8.69. The highest BCUT2D eigenvalue weighted by atomic mass is 79.9. The van der Waals surface area contributed by atoms with Crippen molar-refractivity contribution in [1.29, 1.82) is 5.26 Å². The number of hydrogen-bond donors (Lipinski definition) is 1. The van der Waals surface area contributed by atoms with Crippen LogP contribution in [0.2, 0.25) is 0 Å². The monoisotopic (exact) mass is 306 g/mol. The lowest BCUT2D eigenvalue weighted by atomic mass is 10.00. The molecule has 0 spiro atoms. The van der Waals surface area contributed by atoms with Gasteiger partial charge in [0.05, 0.1) is 17.4 Å². The number of nitrogens with zero attached hydrogens (tertiary/aromatic N) is 2. The number of halogens is 1. The van der Waals surface area contributed by atoms with E-state index < -0.39 is 0 Å². The molecular formula is C14H15BrN2O. The molecule has 3 atom stereocenters. The number of fused-ring (bicyclic) bond motifs is 1. The molecule has 1 heterocycles. The van der Waals surface area contributed by atoms with Crippen LogP contribution < -0.4 is 4.90 Å². The summed E-state index contributed by atoms with van der Waals surface area (Å²) < 4.78 is 0.995. The molecule has 1 N–H and O–H groups in total. The van der Waals surface area contributed by atoms with Crippen molar-refractivity contribution in [3.8, 4) is 6.07 Å². The summed E-state index contributed by atoms with van der Waals surface area (Å²) in [6.07, 6.45) is 1.89. The summed E-state index contributed by atoms with van der Waals surface area (Å²) >= 11 is 3.46. The molecule has 94 valence electrons. The Kier molecular flexibility index (Phi) is 3.04. The average molecular weight is 307 g/mol. The Hall–Kier alpha value is -1.05. The van der Waals surface area contributed by atoms with Crippen LogP contribution >= 0.6 is 15.9 Å². The number of nitriles is 1. The molecule has 2 aliphatic rings. The molecule has 18 heavy (non-hydrogen) atoms. The number of benzene rings is 1. The molecule has 1 aromatic carbocycles. The second-order valence-corrected chi connectivity index (χ2v) is 6.16. The standard InChI is InChI=1S/C14H15BrN2O/c15-11-3-1-9(6-16)13(5-11)17-7-10-2-4-14(18)12(10)8-17/h1,3,5,10,12,14,18H,2,4,7-8H2. The lowest BCUT2D eigenvalue weighted by Crippen LogP contribution is -2.25. The van der Waals surface area contributed by atoms with Crippen molar-refractivity contribution in [2.24, 2.45) is 11.8 Å². The molecule has 2 fully saturated rings. The van der Waals surface area contributed by atoms with Crippen molar-refractivity contribution in [3.63, 3.8) is 0 Å². The van der Waals surface area contributed by atoms with Crippen molar-refractivity contribution < 1.29 is 5.11 Å². The van der Waals surface area contributed by atoms with Gasteiger partial charge in [0.15, 0.2) is 0 Å². The number of aliphatic hydroxyl groups is 1. The minimum Gasteiger partial charge on any atom is -0.393 e. The van der Waals surface area contributed by atoms with Gasteiger partial charge in [-0.05, 0) is 37.0 Å². The summed E-state index contributed by atoms with van der Waals surface area (Å²) in [5, 5.41) is 19.1. The van der Waals surface area contributed by atoms with E-state index in [1.54, 1.807) is 0 Å². The summed E-state index contributed by atoms with van der Waals surface area (Å²) in [5.74, 6) is 0.973. The second-order valence-electron chi connectivity index (χ2n) is 5.25. The van der Waals surface area contributed by atoms with E-state index in [4.69, 9.17) is 0 Å². The average Bonchev–Trinajstić information content (AvgIpc) is 2.92. The predicted octanol–water partition coefficient (Wildman–Crippen LogP) is 2.53. The highest BCUT2D eigenvalue weighted by Crippen LogP contribution is 2.40. The van der Waals surface area contributed by atoms with Crippen molar-refractivity contribution in [3.05, 3.63) is 28.2 Å². The molecule has 3 unspecified atom stereocenters. The Bertz CT molecular complexity index is 511. The zero-order chi connectivity index (χ0) is 12.7. The lowest BCUT2D eigenvalue weighted by Gasteiger charge is -2.21. The van der Waals surface area contributed by atoms with E-state index in [-0.39, 0.29) is 6.10 Å². The molecule has 1 aromatic rings. The predicted molar refractivity (Wildman–Crippen MR) is 73.3 cm³/mol. The van der Waals surface area contributed by atoms with Crippen LogP contribution in [-0.4, -0.2) is 24.3 Å². The minimum absolute atomic E-state index is 0.155. The van der Waals surface area contributed by atoms with E-state index in [9.17, 15) is 10.4 Å². The summed E-state index contributed by atoms with van der Waals surface area (Å²) in [6.45, 7) is 1.84. The summed E-state index contributed by atoms with van der Waals surface area (Å²) in [6, 6.07) is 8.01. The lowest BCUT2D eigenvalue weighted by molar-refractivity contribution is 0.133. The molecule has 1 aliphatic carbocycles. The quantitative estimate of drug-likeness (QED) is 0.867. The first-order valence-corrected chi connectivity index (χ1v) is 7.11. The van der Waals surface area contributed by atoms with E-state index in [0.717, 1.165) is 36.1 Å². The van der Waals surface area contributed by atoms with Crippen molar-refractivity contribution in [2.75, 3.05) is 18.0 Å². The zero-order valence-electron chi connectivity index (χ0n) is 10.0. The van der Waals surface area contributed by atoms with E-state index >= 15 is 0 Å². The van der Waals surface area contributed by atoms with Crippen LogP contribution in [0.15, 0.2) is 22.7 Å². The normalized spacial score (nSPS) is 30.3. The molecule has 4 heteroatoms. The molecule has 0 amide bonds. The van der Waals surface area contributed by atoms with E-state index in [0.29, 0.717) is 17.4 Å². The van der Waals surface area contributed by atoms with Crippen LogP contribution in [-0.2, 0) is 0 Å². The molecule has 1 aliphatic heterocycles. The van der Waals surface area contributed by atoms with Gasteiger partial charge in [-0.3, -0.25) is 0 Å². The van der Waals surface area contributed by atoms with Gasteiger partial charge in [0, 0.05) is 23.5 Å². The number of aliphatic hydroxyl groups excluding tert-OH is 1. The fourth-order valence-corrected chi connectivity index (χ4v) is 3.64. The van der Waals surface area contributed by atoms with Gasteiger partial charge in [0.1, 0.15) is 6.07 Å². The molecule has 0 radical (unpaired) electrons. The maximum atomic E-state index is 9.94. The summed E-state index contributed by atoms with van der Waals surface area (Å²) in [7, 11) is 0. The molecule has 0 aromatic heterocycles. The third-order valence-corrected chi connectivity index (χ3v) is 4.73. The Labute approximate surface area is 115 Å². The number of rotatable bonds is 1. The Morgan fingerprint density at radius 1 is 1.33 bits per heavy atom. The van der Waals surface area contributed by atoms with E-state index in [2.05, 4.69) is 26.9 Å². The summed E-state index contributed by atoms with van der Waals surface area (Å²) in [4.78, 5) is 2.25. The number of anilines is 1. The van der Waals surface area contributed by atoms with Crippen LogP contribution in [0.1, 0.15) is 18.4 Å². The first kappa shape index (κ1) is 12.0. The zero-order valence-corrected chi connectivity index (χ0v) is 11.6. The SMILES string of the molecule is N#Cc1ccc(Br)cc1N1CC2CCC(O)C2C1. The Balaban J connectivity index is 1.89. The van der Waals surface area contributed by atoms with Gasteiger partial charge >= 0.3 is 0 Å². The Morgan fingerprint density at radius 3 is 2.89 bits per heavy atom. The third-order valence-electron chi connectivity index (χ3n) is 4.24. The largest absolute Gasteiger partial charge is 0.393 e. The van der Waals surface area contributed by atoms with Gasteiger partial charge in [-0.2, -0.15) is 5.26 Å². The molecule has 0 bridgehead atoms. The first-order valence-electron chi connectivity index (χ1n) is 6.31. The molecule has 1 saturated carbocycles. The van der Waals surface area contributed by atoms with Gasteiger partial charge in [-0.25, -0.2) is 0 Å². The Morgan fingerprint density at radius 2 is 2.17 bits per heavy atom. The van der Waals surface area contributed by atoms with Gasteiger partial charge in [0.2, 0.25) is 0 Å². The smallest absolute Gasteiger partial charge is 0.101 e. The van der Waals surface area contributed by atoms with Crippen LogP contribution in [0.3, 0.4) is 0 Å². The van der Waals surface area contributed by atoms with E-state index in [1.165, 1.54) is 0 Å². The van der Waals surface area contributed by atoms with Crippen LogP contribution in [0.4, 0.5) is 5.69 Å². The topological polar surface area (TPSA) is 47.3 Å². The van der Waals surface area contributed by atoms with Gasteiger partial charge in [-0.1, -0.05) is 15.9 Å². The van der Waals surface area contributed by atoms with Crippen molar-refractivity contribution in [2.45, 2.75) is 18.9 Å². The van der Waals surface area contributed by atoms with Crippen LogP contribution in [0.5, 0.6) is 0 Å². The van der Waals surface area contributed by atoms with Crippen LogP contribution in [0.25, 0.3) is 0 Å². The third kappa shape index (κ3) is 1.92.